The van der Waals surface area contributed by atoms with Crippen molar-refractivity contribution in [1.29, 1.82) is 0 Å². The van der Waals surface area contributed by atoms with Crippen LogP contribution in [0.3, 0.4) is 0 Å². The fraction of sp³-hybridized carbons (Fsp3) is 0.821. The monoisotopic (exact) mass is 525 g/mol. The van der Waals surface area contributed by atoms with Crippen molar-refractivity contribution in [2.45, 2.75) is 88.8 Å². The number of fused-ring (bicyclic) bond motifs is 1. The number of rotatable bonds is 8. The van der Waals surface area contributed by atoms with Crippen molar-refractivity contribution >= 4 is 22.9 Å². The third-order valence-electron chi connectivity index (χ3n) is 9.86. The molecule has 2 aromatic rings. The SMILES string of the molecule is C[N+]1(CCC2CCN(Nc3nc(NC4CCC(N)CC4)nc4c3ncn4C3CCCC3)CC2)CCNCC1. The summed E-state index contributed by atoms with van der Waals surface area (Å²) in [6.45, 7) is 8.26. The van der Waals surface area contributed by atoms with Gasteiger partial charge >= 0.3 is 0 Å². The largest absolute Gasteiger partial charge is 0.351 e. The summed E-state index contributed by atoms with van der Waals surface area (Å²) < 4.78 is 3.54. The van der Waals surface area contributed by atoms with E-state index in [0.29, 0.717) is 18.1 Å². The molecule has 2 aliphatic carbocycles. The molecule has 0 aromatic carbocycles. The lowest BCUT2D eigenvalue weighted by Crippen LogP contribution is -2.56. The Morgan fingerprint density at radius 3 is 2.47 bits per heavy atom. The molecule has 2 saturated carbocycles. The van der Waals surface area contributed by atoms with E-state index < -0.39 is 0 Å². The first-order chi connectivity index (χ1) is 18.5. The second-order valence-corrected chi connectivity index (χ2v) is 12.8. The van der Waals surface area contributed by atoms with Crippen LogP contribution in [0.25, 0.3) is 11.2 Å². The van der Waals surface area contributed by atoms with Crippen molar-refractivity contribution in [3.05, 3.63) is 6.33 Å². The number of nitrogens with two attached hydrogens (primary N) is 1. The van der Waals surface area contributed by atoms with Crippen molar-refractivity contribution in [2.24, 2.45) is 11.7 Å². The van der Waals surface area contributed by atoms with Gasteiger partial charge < -0.3 is 30.8 Å². The number of aromatic nitrogens is 4. The predicted molar refractivity (Wildman–Crippen MR) is 153 cm³/mol. The van der Waals surface area contributed by atoms with Crippen LogP contribution >= 0.6 is 0 Å². The molecule has 10 nitrogen and oxygen atoms in total. The minimum absolute atomic E-state index is 0.335. The highest BCUT2D eigenvalue weighted by atomic mass is 15.5. The third-order valence-corrected chi connectivity index (χ3v) is 9.86. The molecule has 4 heterocycles. The zero-order valence-electron chi connectivity index (χ0n) is 23.4. The lowest BCUT2D eigenvalue weighted by atomic mass is 9.92. The minimum Gasteiger partial charge on any atom is -0.351 e. The number of quaternary nitrogens is 1. The maximum Gasteiger partial charge on any atom is 0.227 e. The zero-order chi connectivity index (χ0) is 26.0. The van der Waals surface area contributed by atoms with Gasteiger partial charge in [0.05, 0.1) is 33.0 Å². The Kier molecular flexibility index (Phi) is 8.02. The van der Waals surface area contributed by atoms with E-state index in [1.54, 1.807) is 0 Å². The number of nitrogens with zero attached hydrogens (tertiary/aromatic N) is 6. The molecule has 0 bridgehead atoms. The van der Waals surface area contributed by atoms with Crippen LogP contribution in [0.1, 0.15) is 76.7 Å². The van der Waals surface area contributed by atoms with Crippen molar-refractivity contribution in [3.8, 4) is 0 Å². The molecule has 0 amide bonds. The van der Waals surface area contributed by atoms with E-state index in [-0.39, 0.29) is 0 Å². The lowest BCUT2D eigenvalue weighted by molar-refractivity contribution is -0.911. The standard InChI is InChI=1S/C28H49N10/c1-38(18-13-30-14-19-38)17-12-21-10-15-36(16-11-21)35-26-25-27(37(20-31-25)24-4-2-3-5-24)34-28(33-26)32-23-8-6-22(29)7-9-23/h20-24,30H,2-19,29H2,1H3,(H2,32,33,34,35)/q+1. The fourth-order valence-corrected chi connectivity index (χ4v) is 7.09. The molecule has 0 unspecified atom stereocenters. The van der Waals surface area contributed by atoms with Gasteiger partial charge in [0.1, 0.15) is 0 Å². The Bertz CT molecular complexity index is 1040. The molecule has 2 aromatic heterocycles. The summed E-state index contributed by atoms with van der Waals surface area (Å²) in [6.07, 6.45) is 15.1. The van der Waals surface area contributed by atoms with Gasteiger partial charge in [-0.15, -0.1) is 0 Å². The van der Waals surface area contributed by atoms with Gasteiger partial charge in [0, 0.05) is 44.3 Å². The summed E-state index contributed by atoms with van der Waals surface area (Å²) in [5, 5.41) is 9.52. The lowest BCUT2D eigenvalue weighted by Gasteiger charge is -2.40. The van der Waals surface area contributed by atoms with Crippen LogP contribution < -0.4 is 21.8 Å². The fourth-order valence-electron chi connectivity index (χ4n) is 7.09. The smallest absolute Gasteiger partial charge is 0.227 e. The van der Waals surface area contributed by atoms with Crippen LogP contribution in [0.15, 0.2) is 6.33 Å². The predicted octanol–water partition coefficient (Wildman–Crippen LogP) is 3.10. The Balaban J connectivity index is 1.13. The van der Waals surface area contributed by atoms with Crippen LogP contribution in [0.2, 0.25) is 0 Å². The molecular formula is C28H49N10+. The van der Waals surface area contributed by atoms with E-state index in [0.717, 1.165) is 80.7 Å². The number of piperidine rings is 1. The maximum atomic E-state index is 6.15. The minimum atomic E-state index is 0.335. The molecule has 2 saturated heterocycles. The summed E-state index contributed by atoms with van der Waals surface area (Å²) in [4.78, 5) is 14.8. The number of anilines is 2. The van der Waals surface area contributed by atoms with Gasteiger partial charge in [-0.1, -0.05) is 12.8 Å². The first-order valence-electron chi connectivity index (χ1n) is 15.4. The quantitative estimate of drug-likeness (QED) is 0.390. The summed E-state index contributed by atoms with van der Waals surface area (Å²) in [6, 6.07) is 1.22. The summed E-state index contributed by atoms with van der Waals surface area (Å²) in [5.41, 5.74) is 11.7. The number of nitrogens with one attached hydrogen (secondary N) is 3. The molecule has 4 fully saturated rings. The van der Waals surface area contributed by atoms with Crippen LogP contribution in [0.4, 0.5) is 11.8 Å². The molecule has 0 radical (unpaired) electrons. The van der Waals surface area contributed by atoms with E-state index >= 15 is 0 Å². The first-order valence-corrected chi connectivity index (χ1v) is 15.4. The third kappa shape index (κ3) is 6.08. The topological polar surface area (TPSA) is 109 Å². The van der Waals surface area contributed by atoms with E-state index in [4.69, 9.17) is 20.7 Å². The number of hydrazine groups is 1. The maximum absolute atomic E-state index is 6.15. The number of hydrogen-bond acceptors (Lipinski definition) is 8. The Labute approximate surface area is 227 Å². The zero-order valence-corrected chi connectivity index (χ0v) is 23.4. The van der Waals surface area contributed by atoms with E-state index in [2.05, 4.69) is 32.7 Å². The molecule has 10 heteroatoms. The number of likely N-dealkylation sites (N-methyl/N-ethyl adjacent to an activating group) is 1. The highest BCUT2D eigenvalue weighted by Gasteiger charge is 2.29. The summed E-state index contributed by atoms with van der Waals surface area (Å²) in [7, 11) is 2.44. The van der Waals surface area contributed by atoms with Crippen LogP contribution in [-0.2, 0) is 0 Å². The van der Waals surface area contributed by atoms with Gasteiger partial charge in [0.2, 0.25) is 5.95 Å². The number of piperazine rings is 1. The van der Waals surface area contributed by atoms with Gasteiger partial charge in [-0.2, -0.15) is 9.97 Å². The van der Waals surface area contributed by atoms with Crippen molar-refractivity contribution in [2.75, 3.05) is 63.6 Å². The summed E-state index contributed by atoms with van der Waals surface area (Å²) in [5.74, 6) is 2.39. The van der Waals surface area contributed by atoms with Crippen molar-refractivity contribution in [3.63, 3.8) is 0 Å². The average molecular weight is 526 g/mol. The van der Waals surface area contributed by atoms with Crippen LogP contribution in [-0.4, -0.2) is 94.0 Å². The highest BCUT2D eigenvalue weighted by Crippen LogP contribution is 2.34. The molecule has 5 N–H and O–H groups in total. The molecule has 0 atom stereocenters. The molecule has 2 aliphatic heterocycles. The molecule has 6 rings (SSSR count). The summed E-state index contributed by atoms with van der Waals surface area (Å²) >= 11 is 0. The second kappa shape index (κ2) is 11.6. The molecule has 0 spiro atoms. The second-order valence-electron chi connectivity index (χ2n) is 12.8. The van der Waals surface area contributed by atoms with E-state index in [9.17, 15) is 0 Å². The van der Waals surface area contributed by atoms with Crippen LogP contribution in [0.5, 0.6) is 0 Å². The van der Waals surface area contributed by atoms with Gasteiger partial charge in [-0.25, -0.2) is 9.99 Å². The highest BCUT2D eigenvalue weighted by molar-refractivity contribution is 5.84. The van der Waals surface area contributed by atoms with E-state index in [1.165, 1.54) is 69.1 Å². The van der Waals surface area contributed by atoms with Gasteiger partial charge in [0.15, 0.2) is 17.0 Å². The van der Waals surface area contributed by atoms with Crippen molar-refractivity contribution in [1.82, 2.24) is 29.8 Å². The van der Waals surface area contributed by atoms with Crippen molar-refractivity contribution < 1.29 is 4.48 Å². The Morgan fingerprint density at radius 1 is 1.00 bits per heavy atom. The Hall–Kier alpha value is -2.01. The molecule has 38 heavy (non-hydrogen) atoms. The van der Waals surface area contributed by atoms with E-state index in [1.807, 2.05) is 6.33 Å². The van der Waals surface area contributed by atoms with Crippen LogP contribution in [0, 0.1) is 5.92 Å². The van der Waals surface area contributed by atoms with Gasteiger partial charge in [-0.3, -0.25) is 0 Å². The Morgan fingerprint density at radius 2 is 1.74 bits per heavy atom. The molecule has 210 valence electrons. The molecule has 4 aliphatic rings. The first kappa shape index (κ1) is 26.2. The average Bonchev–Trinajstić information content (AvgIpc) is 3.60. The van der Waals surface area contributed by atoms with Gasteiger partial charge in [0.25, 0.3) is 0 Å². The number of hydrogen-bond donors (Lipinski definition) is 4. The molecular weight excluding hydrogens is 476 g/mol. The normalized spacial score (nSPS) is 27.6. The van der Waals surface area contributed by atoms with Gasteiger partial charge in [-0.05, 0) is 63.7 Å². The number of imidazole rings is 1.